The number of ether oxygens (including phenoxy) is 1. The van der Waals surface area contributed by atoms with Crippen molar-refractivity contribution in [3.8, 4) is 0 Å². The maximum atomic E-state index is 11.3. The normalized spacial score (nSPS) is 33.3. The number of halogens is 1. The molecule has 2 unspecified atom stereocenters. The molecular formula is C11H20ClNO2. The minimum atomic E-state index is -0.00886. The first-order valence-electron chi connectivity index (χ1n) is 5.66. The van der Waals surface area contributed by atoms with Gasteiger partial charge in [0.25, 0.3) is 0 Å². The van der Waals surface area contributed by atoms with Gasteiger partial charge in [0.2, 0.25) is 0 Å². The Hall–Kier alpha value is -0.280. The third-order valence-corrected chi connectivity index (χ3v) is 3.51. The van der Waals surface area contributed by atoms with Crippen molar-refractivity contribution in [2.45, 2.75) is 26.2 Å². The molecule has 15 heavy (non-hydrogen) atoms. The van der Waals surface area contributed by atoms with Gasteiger partial charge in [-0.2, -0.15) is 0 Å². The summed E-state index contributed by atoms with van der Waals surface area (Å²) in [6.07, 6.45) is 3.08. The largest absolute Gasteiger partial charge is 0.466 e. The lowest BCUT2D eigenvalue weighted by molar-refractivity contribution is -0.144. The quantitative estimate of drug-likeness (QED) is 0.753. The topological polar surface area (TPSA) is 38.3 Å². The molecule has 1 aliphatic heterocycles. The van der Waals surface area contributed by atoms with E-state index in [0.29, 0.717) is 18.9 Å². The molecule has 88 valence electrons. The molecular weight excluding hydrogens is 214 g/mol. The molecule has 0 spiro atoms. The first-order chi connectivity index (χ1) is 6.79. The summed E-state index contributed by atoms with van der Waals surface area (Å²) < 4.78 is 4.97. The molecule has 3 nitrogen and oxygen atoms in total. The van der Waals surface area contributed by atoms with E-state index in [1.165, 1.54) is 12.8 Å². The predicted molar refractivity (Wildman–Crippen MR) is 61.1 cm³/mol. The molecule has 4 heteroatoms. The second-order valence-electron chi connectivity index (χ2n) is 4.52. The van der Waals surface area contributed by atoms with Gasteiger partial charge in [-0.1, -0.05) is 0 Å². The molecule has 1 aliphatic carbocycles. The van der Waals surface area contributed by atoms with Crippen molar-refractivity contribution in [2.24, 2.45) is 17.8 Å². The summed E-state index contributed by atoms with van der Waals surface area (Å²) in [4.78, 5) is 11.3. The second-order valence-corrected chi connectivity index (χ2v) is 4.52. The molecule has 2 rings (SSSR count). The maximum Gasteiger partial charge on any atom is 0.306 e. The Morgan fingerprint density at radius 1 is 1.33 bits per heavy atom. The number of hydrogen-bond donors (Lipinski definition) is 1. The number of carbonyl (C=O) groups excluding carboxylic acids is 1. The number of esters is 1. The SMILES string of the molecule is CCOC(=O)CC1CC2CNCC2C1.Cl. The standard InChI is InChI=1S/C11H19NO2.ClH/c1-2-14-11(13)5-8-3-9-6-12-7-10(9)4-8;/h8-10,12H,2-7H2,1H3;1H. The van der Waals surface area contributed by atoms with E-state index in [-0.39, 0.29) is 18.4 Å². The van der Waals surface area contributed by atoms with Crippen LogP contribution in [0.1, 0.15) is 26.2 Å². The number of fused-ring (bicyclic) bond motifs is 1. The van der Waals surface area contributed by atoms with Gasteiger partial charge in [-0.05, 0) is 50.6 Å². The summed E-state index contributed by atoms with van der Waals surface area (Å²) in [6, 6.07) is 0. The molecule has 0 amide bonds. The highest BCUT2D eigenvalue weighted by Gasteiger charge is 2.37. The van der Waals surface area contributed by atoms with Crippen molar-refractivity contribution in [3.05, 3.63) is 0 Å². The van der Waals surface area contributed by atoms with Crippen molar-refractivity contribution in [3.63, 3.8) is 0 Å². The van der Waals surface area contributed by atoms with Gasteiger partial charge in [0.15, 0.2) is 0 Å². The number of nitrogens with one attached hydrogen (secondary N) is 1. The van der Waals surface area contributed by atoms with Crippen molar-refractivity contribution in [1.82, 2.24) is 5.32 Å². The van der Waals surface area contributed by atoms with E-state index in [4.69, 9.17) is 4.74 Å². The van der Waals surface area contributed by atoms with Crippen molar-refractivity contribution in [2.75, 3.05) is 19.7 Å². The summed E-state index contributed by atoms with van der Waals surface area (Å²) in [6.45, 7) is 4.69. The molecule has 0 aromatic heterocycles. The zero-order chi connectivity index (χ0) is 9.97. The summed E-state index contributed by atoms with van der Waals surface area (Å²) >= 11 is 0. The van der Waals surface area contributed by atoms with Crippen LogP contribution in [0.15, 0.2) is 0 Å². The highest BCUT2D eigenvalue weighted by molar-refractivity contribution is 5.85. The Labute approximate surface area is 97.4 Å². The van der Waals surface area contributed by atoms with Gasteiger partial charge in [-0.3, -0.25) is 4.79 Å². The number of carbonyl (C=O) groups is 1. The third kappa shape index (κ3) is 3.08. The fourth-order valence-corrected chi connectivity index (χ4v) is 2.91. The van der Waals surface area contributed by atoms with E-state index < -0.39 is 0 Å². The van der Waals surface area contributed by atoms with Crippen LogP contribution >= 0.6 is 12.4 Å². The monoisotopic (exact) mass is 233 g/mol. The van der Waals surface area contributed by atoms with Gasteiger partial charge < -0.3 is 10.1 Å². The molecule has 2 fully saturated rings. The van der Waals surface area contributed by atoms with Crippen molar-refractivity contribution < 1.29 is 9.53 Å². The number of hydrogen-bond acceptors (Lipinski definition) is 3. The van der Waals surface area contributed by atoms with Gasteiger partial charge in [0.05, 0.1) is 6.61 Å². The summed E-state index contributed by atoms with van der Waals surface area (Å²) in [5, 5.41) is 3.41. The summed E-state index contributed by atoms with van der Waals surface area (Å²) in [5.41, 5.74) is 0. The lowest BCUT2D eigenvalue weighted by atomic mass is 10.0. The van der Waals surface area contributed by atoms with Gasteiger partial charge in [0.1, 0.15) is 0 Å². The fourth-order valence-electron chi connectivity index (χ4n) is 2.91. The van der Waals surface area contributed by atoms with E-state index in [2.05, 4.69) is 5.32 Å². The third-order valence-electron chi connectivity index (χ3n) is 3.51. The smallest absolute Gasteiger partial charge is 0.306 e. The van der Waals surface area contributed by atoms with Crippen LogP contribution < -0.4 is 5.32 Å². The number of rotatable bonds is 3. The van der Waals surface area contributed by atoms with E-state index >= 15 is 0 Å². The zero-order valence-electron chi connectivity index (χ0n) is 9.20. The summed E-state index contributed by atoms with van der Waals surface area (Å²) in [5.74, 6) is 2.24. The lowest BCUT2D eigenvalue weighted by Gasteiger charge is -2.09. The Morgan fingerprint density at radius 3 is 2.47 bits per heavy atom. The van der Waals surface area contributed by atoms with Crippen LogP contribution in [0.2, 0.25) is 0 Å². The second kappa shape index (κ2) is 5.71. The maximum absolute atomic E-state index is 11.3. The zero-order valence-corrected chi connectivity index (χ0v) is 10.0. The van der Waals surface area contributed by atoms with Crippen molar-refractivity contribution in [1.29, 1.82) is 0 Å². The van der Waals surface area contributed by atoms with E-state index in [9.17, 15) is 4.79 Å². The molecule has 1 saturated heterocycles. The Balaban J connectivity index is 0.00000112. The van der Waals surface area contributed by atoms with Crippen LogP contribution in [0.4, 0.5) is 0 Å². The Morgan fingerprint density at radius 2 is 1.93 bits per heavy atom. The van der Waals surface area contributed by atoms with E-state index in [1.54, 1.807) is 0 Å². The summed E-state index contributed by atoms with van der Waals surface area (Å²) in [7, 11) is 0. The first-order valence-corrected chi connectivity index (χ1v) is 5.66. The van der Waals surface area contributed by atoms with Crippen LogP contribution in [0, 0.1) is 17.8 Å². The Kier molecular flexibility index (Phi) is 4.87. The minimum Gasteiger partial charge on any atom is -0.466 e. The van der Waals surface area contributed by atoms with E-state index in [0.717, 1.165) is 24.9 Å². The van der Waals surface area contributed by atoms with Gasteiger partial charge in [-0.15, -0.1) is 12.4 Å². The van der Waals surface area contributed by atoms with Gasteiger partial charge >= 0.3 is 5.97 Å². The molecule has 0 aromatic carbocycles. The minimum absolute atomic E-state index is 0. The molecule has 1 N–H and O–H groups in total. The van der Waals surface area contributed by atoms with Crippen LogP contribution in [0.5, 0.6) is 0 Å². The molecule has 0 radical (unpaired) electrons. The highest BCUT2D eigenvalue weighted by atomic mass is 35.5. The fraction of sp³-hybridized carbons (Fsp3) is 0.909. The van der Waals surface area contributed by atoms with Gasteiger partial charge in [0, 0.05) is 6.42 Å². The first kappa shape index (κ1) is 12.8. The average molecular weight is 234 g/mol. The van der Waals surface area contributed by atoms with E-state index in [1.807, 2.05) is 6.92 Å². The average Bonchev–Trinajstić information content (AvgIpc) is 2.63. The van der Waals surface area contributed by atoms with Crippen LogP contribution in [-0.2, 0) is 9.53 Å². The lowest BCUT2D eigenvalue weighted by Crippen LogP contribution is -2.14. The van der Waals surface area contributed by atoms with Crippen molar-refractivity contribution >= 4 is 18.4 Å². The molecule has 1 saturated carbocycles. The Bertz CT molecular complexity index is 211. The molecule has 2 aliphatic rings. The highest BCUT2D eigenvalue weighted by Crippen LogP contribution is 2.40. The molecule has 2 atom stereocenters. The van der Waals surface area contributed by atoms with Gasteiger partial charge in [-0.25, -0.2) is 0 Å². The van der Waals surface area contributed by atoms with Crippen LogP contribution in [0.3, 0.4) is 0 Å². The molecule has 0 aromatic rings. The molecule has 0 bridgehead atoms. The van der Waals surface area contributed by atoms with Crippen LogP contribution in [-0.4, -0.2) is 25.7 Å². The van der Waals surface area contributed by atoms with Crippen LogP contribution in [0.25, 0.3) is 0 Å². The predicted octanol–water partition coefficient (Wildman–Crippen LogP) is 1.61. The molecule has 1 heterocycles.